The first-order chi connectivity index (χ1) is 14.5. The molecule has 7 heteroatoms. The van der Waals surface area contributed by atoms with Crippen LogP contribution in [0.2, 0.25) is 0 Å². The quantitative estimate of drug-likeness (QED) is 0.645. The molecule has 0 aliphatic carbocycles. The Kier molecular flexibility index (Phi) is 7.68. The summed E-state index contributed by atoms with van der Waals surface area (Å²) in [6.45, 7) is 4.43. The van der Waals surface area contributed by atoms with Crippen molar-refractivity contribution in [2.24, 2.45) is 4.99 Å². The molecule has 2 aromatic carbocycles. The smallest absolute Gasteiger partial charge is 0.311 e. The molecule has 1 amide bonds. The third-order valence-corrected chi connectivity index (χ3v) is 5.36. The topological polar surface area (TPSA) is 79.8 Å². The molecule has 0 spiro atoms. The second-order valence-electron chi connectivity index (χ2n) is 6.71. The number of anilines is 1. The van der Waals surface area contributed by atoms with Gasteiger partial charge in [0.1, 0.15) is 0 Å². The lowest BCUT2D eigenvalue weighted by atomic mass is 10.2. The number of thioether (sulfide) groups is 1. The van der Waals surface area contributed by atoms with Gasteiger partial charge in [0.05, 0.1) is 34.7 Å². The first kappa shape index (κ1) is 21.6. The lowest BCUT2D eigenvalue weighted by Crippen LogP contribution is -2.31. The average molecular weight is 424 g/mol. The summed E-state index contributed by atoms with van der Waals surface area (Å²) in [5, 5.41) is 6.53. The van der Waals surface area contributed by atoms with Crippen LogP contribution in [-0.4, -0.2) is 28.8 Å². The first-order valence-electron chi connectivity index (χ1n) is 9.84. The van der Waals surface area contributed by atoms with Gasteiger partial charge in [-0.05, 0) is 37.6 Å². The zero-order chi connectivity index (χ0) is 21.3. The highest BCUT2D eigenvalue weighted by Gasteiger charge is 2.19. The van der Waals surface area contributed by atoms with Crippen LogP contribution in [0.1, 0.15) is 25.8 Å². The maximum Gasteiger partial charge on any atom is 0.311 e. The van der Waals surface area contributed by atoms with E-state index in [0.29, 0.717) is 23.9 Å². The predicted molar refractivity (Wildman–Crippen MR) is 122 cm³/mol. The Labute approximate surface area is 180 Å². The van der Waals surface area contributed by atoms with E-state index in [0.717, 1.165) is 16.9 Å². The molecule has 30 heavy (non-hydrogen) atoms. The van der Waals surface area contributed by atoms with Gasteiger partial charge in [0, 0.05) is 12.2 Å². The van der Waals surface area contributed by atoms with Gasteiger partial charge in [0.15, 0.2) is 0 Å². The van der Waals surface area contributed by atoms with Crippen molar-refractivity contribution in [3.05, 3.63) is 71.9 Å². The van der Waals surface area contributed by atoms with Gasteiger partial charge in [-0.15, -0.1) is 0 Å². The number of fused-ring (bicyclic) bond motifs is 1. The van der Waals surface area contributed by atoms with Crippen molar-refractivity contribution in [3.63, 3.8) is 0 Å². The van der Waals surface area contributed by atoms with E-state index in [1.807, 2.05) is 67.6 Å². The normalized spacial score (nSPS) is 13.7. The predicted octanol–water partition coefficient (Wildman–Crippen LogP) is 4.42. The molecule has 0 bridgehead atoms. The van der Waals surface area contributed by atoms with Gasteiger partial charge < -0.3 is 15.4 Å². The van der Waals surface area contributed by atoms with Crippen LogP contribution < -0.4 is 10.6 Å². The molecular weight excluding hydrogens is 398 g/mol. The van der Waals surface area contributed by atoms with Crippen molar-refractivity contribution in [1.29, 1.82) is 0 Å². The van der Waals surface area contributed by atoms with Crippen LogP contribution in [0.25, 0.3) is 0 Å². The molecule has 1 heterocycles. The van der Waals surface area contributed by atoms with Crippen LogP contribution in [0.3, 0.4) is 0 Å². The summed E-state index contributed by atoms with van der Waals surface area (Å²) in [7, 11) is 0. The lowest BCUT2D eigenvalue weighted by Gasteiger charge is -2.12. The van der Waals surface area contributed by atoms with Gasteiger partial charge in [-0.25, -0.2) is 4.99 Å². The van der Waals surface area contributed by atoms with E-state index in [2.05, 4.69) is 10.6 Å². The Hall–Kier alpha value is -3.06. The summed E-state index contributed by atoms with van der Waals surface area (Å²) in [6.07, 6.45) is 1.92. The number of benzene rings is 2. The van der Waals surface area contributed by atoms with Crippen molar-refractivity contribution >= 4 is 40.1 Å². The highest BCUT2D eigenvalue weighted by molar-refractivity contribution is 8.15. The van der Waals surface area contributed by atoms with Crippen LogP contribution in [0.4, 0.5) is 11.4 Å². The minimum absolute atomic E-state index is 0.0719. The minimum Gasteiger partial charge on any atom is -0.466 e. The fraction of sp³-hybridized carbons (Fsp3) is 0.261. The van der Waals surface area contributed by atoms with Crippen LogP contribution >= 0.6 is 11.8 Å². The molecule has 0 saturated carbocycles. The Morgan fingerprint density at radius 2 is 1.87 bits per heavy atom. The SMILES string of the molecule is CCOC(=O)CC1=CC(S[C@H](C)C(=O)NCc2ccccc2)=Nc2ccccc2N1. The van der Waals surface area contributed by atoms with Crippen molar-refractivity contribution in [1.82, 2.24) is 5.32 Å². The van der Waals surface area contributed by atoms with E-state index in [1.54, 1.807) is 6.92 Å². The molecule has 0 unspecified atom stereocenters. The summed E-state index contributed by atoms with van der Waals surface area (Å²) in [4.78, 5) is 29.2. The Morgan fingerprint density at radius 1 is 1.13 bits per heavy atom. The maximum absolute atomic E-state index is 12.6. The van der Waals surface area contributed by atoms with E-state index in [1.165, 1.54) is 11.8 Å². The van der Waals surface area contributed by atoms with Gasteiger partial charge in [0.2, 0.25) is 5.91 Å². The van der Waals surface area contributed by atoms with Gasteiger partial charge in [-0.3, -0.25) is 9.59 Å². The van der Waals surface area contributed by atoms with Crippen LogP contribution in [0, 0.1) is 0 Å². The number of hydrogen-bond donors (Lipinski definition) is 2. The number of ether oxygens (including phenoxy) is 1. The molecular formula is C23H25N3O3S. The zero-order valence-corrected chi connectivity index (χ0v) is 17.9. The third kappa shape index (κ3) is 6.22. The number of carbonyl (C=O) groups excluding carboxylic acids is 2. The Bertz CT molecular complexity index is 957. The number of nitrogens with zero attached hydrogens (tertiary/aromatic N) is 1. The summed E-state index contributed by atoms with van der Waals surface area (Å²) in [5.74, 6) is -0.383. The summed E-state index contributed by atoms with van der Waals surface area (Å²) >= 11 is 1.35. The number of aliphatic imine (C=N–C) groups is 1. The molecule has 3 rings (SSSR count). The van der Waals surface area contributed by atoms with Gasteiger partial charge in [0.25, 0.3) is 0 Å². The molecule has 6 nitrogen and oxygen atoms in total. The van der Waals surface area contributed by atoms with Crippen molar-refractivity contribution in [2.45, 2.75) is 32.1 Å². The number of para-hydroxylation sites is 2. The number of esters is 1. The number of nitrogens with one attached hydrogen (secondary N) is 2. The molecule has 0 fully saturated rings. The largest absolute Gasteiger partial charge is 0.466 e. The van der Waals surface area contributed by atoms with Crippen LogP contribution in [0.15, 0.2) is 71.4 Å². The summed E-state index contributed by atoms with van der Waals surface area (Å²) in [6, 6.07) is 17.4. The molecule has 2 aromatic rings. The lowest BCUT2D eigenvalue weighted by molar-refractivity contribution is -0.142. The van der Waals surface area contributed by atoms with Crippen LogP contribution in [-0.2, 0) is 20.9 Å². The van der Waals surface area contributed by atoms with E-state index in [4.69, 9.17) is 9.73 Å². The molecule has 0 aromatic heterocycles. The molecule has 1 aliphatic heterocycles. The minimum atomic E-state index is -0.349. The van der Waals surface area contributed by atoms with Crippen LogP contribution in [0.5, 0.6) is 0 Å². The van der Waals surface area contributed by atoms with Crippen molar-refractivity contribution < 1.29 is 14.3 Å². The van der Waals surface area contributed by atoms with Gasteiger partial charge in [-0.2, -0.15) is 0 Å². The van der Waals surface area contributed by atoms with E-state index in [-0.39, 0.29) is 23.5 Å². The Morgan fingerprint density at radius 3 is 2.63 bits per heavy atom. The monoisotopic (exact) mass is 423 g/mol. The average Bonchev–Trinajstić information content (AvgIpc) is 2.91. The summed E-state index contributed by atoms with van der Waals surface area (Å²) in [5.41, 5.74) is 3.29. The molecule has 0 saturated heterocycles. The van der Waals surface area contributed by atoms with E-state index < -0.39 is 0 Å². The number of amides is 1. The number of rotatable bonds is 7. The fourth-order valence-electron chi connectivity index (χ4n) is 2.87. The summed E-state index contributed by atoms with van der Waals surface area (Å²) < 4.78 is 5.07. The van der Waals surface area contributed by atoms with Gasteiger partial charge >= 0.3 is 5.97 Å². The molecule has 0 radical (unpaired) electrons. The maximum atomic E-state index is 12.6. The van der Waals surface area contributed by atoms with E-state index in [9.17, 15) is 9.59 Å². The zero-order valence-electron chi connectivity index (χ0n) is 17.1. The van der Waals surface area contributed by atoms with E-state index >= 15 is 0 Å². The number of carbonyl (C=O) groups is 2. The third-order valence-electron chi connectivity index (χ3n) is 4.34. The Balaban J connectivity index is 1.71. The fourth-order valence-corrected chi connectivity index (χ4v) is 3.79. The second-order valence-corrected chi connectivity index (χ2v) is 8.07. The molecule has 156 valence electrons. The number of hydrogen-bond acceptors (Lipinski definition) is 6. The molecule has 1 atom stereocenters. The van der Waals surface area contributed by atoms with Gasteiger partial charge in [-0.1, -0.05) is 54.2 Å². The second kappa shape index (κ2) is 10.6. The van der Waals surface area contributed by atoms with Crippen molar-refractivity contribution in [2.75, 3.05) is 11.9 Å². The molecule has 1 aliphatic rings. The highest BCUT2D eigenvalue weighted by Crippen LogP contribution is 2.32. The standard InChI is InChI=1S/C23H25N3O3S/c1-3-29-22(27)14-18-13-21(26-20-12-8-7-11-19(20)25-18)30-16(2)23(28)24-15-17-9-5-4-6-10-17/h4-13,16,25H,3,14-15H2,1-2H3,(H,24,28)/t16-/m1/s1. The van der Waals surface area contributed by atoms with Crippen molar-refractivity contribution in [3.8, 4) is 0 Å². The first-order valence-corrected chi connectivity index (χ1v) is 10.7. The molecule has 2 N–H and O–H groups in total. The highest BCUT2D eigenvalue weighted by atomic mass is 32.2.